The highest BCUT2D eigenvalue weighted by atomic mass is 32.3. The Bertz CT molecular complexity index is 4340. The van der Waals surface area contributed by atoms with Gasteiger partial charge in [-0.25, -0.2) is 55.6 Å². The number of methoxy groups -OCH3 is 2. The molecule has 0 saturated carbocycles. The molecule has 5 saturated heterocycles. The van der Waals surface area contributed by atoms with Gasteiger partial charge in [-0.3, -0.25) is 50.1 Å². The van der Waals surface area contributed by atoms with Crippen molar-refractivity contribution in [3.63, 3.8) is 0 Å². The van der Waals surface area contributed by atoms with Gasteiger partial charge < -0.3 is 72.5 Å². The predicted octanol–water partition coefficient (Wildman–Crippen LogP) is -12.3. The number of hydrogen-bond donors (Lipinski definition) is 15. The van der Waals surface area contributed by atoms with Gasteiger partial charge in [0.2, 0.25) is 0 Å². The fraction of sp³-hybridized carbons (Fsp3) is 0.938. The molecule has 0 aromatic carbocycles. The minimum atomic E-state index is -6.62. The Hall–Kier alpha value is -3.01. The molecular weight excluding hydrogens is 1710 g/mol. The van der Waals surface area contributed by atoms with Crippen molar-refractivity contribution in [1.29, 1.82) is 0 Å². The van der Waals surface area contributed by atoms with Crippen LogP contribution in [0.15, 0.2) is 0 Å². The van der Waals surface area contributed by atoms with Crippen LogP contribution in [0.25, 0.3) is 0 Å². The highest BCUT2D eigenvalue weighted by Gasteiger charge is 2.64. The molecule has 5 aliphatic rings. The number of carboxylic acid groups (broad SMARTS) is 2. The van der Waals surface area contributed by atoms with Gasteiger partial charge in [0.25, 0.3) is 0 Å². The highest BCUT2D eigenvalue weighted by Crippen LogP contribution is 2.42. The van der Waals surface area contributed by atoms with Crippen molar-refractivity contribution in [2.75, 3.05) is 34.0 Å². The number of carboxylic acids is 2. The molecule has 104 heavy (non-hydrogen) atoms. The van der Waals surface area contributed by atoms with E-state index >= 15 is 0 Å². The number of hydrogen-bond acceptors (Lipinski definition) is 48. The summed E-state index contributed by atoms with van der Waals surface area (Å²) >= 11 is 0. The van der Waals surface area contributed by atoms with Gasteiger partial charge in [0.15, 0.2) is 74.2 Å². The summed E-state index contributed by atoms with van der Waals surface area (Å²) in [6, 6.07) is 0. The van der Waals surface area contributed by atoms with E-state index in [0.717, 1.165) is 0 Å². The van der Waals surface area contributed by atoms with E-state index in [0.29, 0.717) is 14.2 Å². The van der Waals surface area contributed by atoms with Gasteiger partial charge in [0.05, 0.1) is 19.8 Å². The molecule has 0 spiro atoms. The van der Waals surface area contributed by atoms with E-state index in [1.165, 1.54) is 0 Å². The summed E-state index contributed by atoms with van der Waals surface area (Å²) in [5.74, 6) is -5.27. The molecule has 0 aromatic heterocycles. The Labute approximate surface area is 581 Å². The molecule has 61 nitrogen and oxygen atoms in total. The second-order valence-corrected chi connectivity index (χ2v) is 31.7. The zero-order chi connectivity index (χ0) is 79.8. The maximum Gasteiger partial charge on any atom is 0.397 e. The smallest absolute Gasteiger partial charge is 0.397 e. The first-order chi connectivity index (χ1) is 46.8. The standard InChI is InChI=1S/C32H52O61S11/c1-72-13-15(82-29-22(90-101(60,61)62)12(86-97(48,49)50)9(33)6(78-29)3-74-94(39,40)41)19(26(34)35)85-32(24(13)92-103(66,67)68)81-11-8(5-76-96(45,46)47)79-30(25(93-104(69,70)71)18(11)88-99(54,55)56)83-16-14(73-2)23(91-102(63,64)65)31(84-20(16)27(36)37)80-10-7(4-75-95(42,43)44)77-28(38)21(89-100(57,58)59)17(10)87-98(51,52)53/h6-25,28-33,38H,3-5H2,1-2H3,(H,34,35)(H,36,37)(H,39,40,41)(H,42,43,44)(H,45,46,47)(H,48,49,50)(H,51,52,53)(H,54,55,56)(H,57,58,59)(H,60,61,62)(H,63,64,65)(H,66,67,68)(H,69,70,71)/t6?,7?,8?,9-,10+,11+,12-,13-,14-,15-,16-,17-,18-,19?,20?,21?,22?,23?,24?,25?,28-,29+,30+,31-,32-/m1/s1. The molecular formula is C32H52O61S11. The van der Waals surface area contributed by atoms with Gasteiger partial charge in [0, 0.05) is 14.2 Å². The van der Waals surface area contributed by atoms with E-state index in [-0.39, 0.29) is 0 Å². The summed E-state index contributed by atoms with van der Waals surface area (Å²) < 4.78 is 481. The maximum atomic E-state index is 13.3. The first kappa shape index (κ1) is 91.6. The third-order valence-corrected chi connectivity index (χ3v) is 18.0. The number of aliphatic hydroxyl groups excluding tert-OH is 2. The van der Waals surface area contributed by atoms with Crippen LogP contribution in [0.4, 0.5) is 0 Å². The lowest BCUT2D eigenvalue weighted by atomic mass is 9.95. The topological polar surface area (TPSA) is 916 Å². The third-order valence-electron chi connectivity index (χ3n) is 13.0. The lowest BCUT2D eigenvalue weighted by Gasteiger charge is -2.50. The van der Waals surface area contributed by atoms with E-state index in [9.17, 15) is 173 Å². The SMILES string of the molecule is CO[C@H]1C(OS(=O)(=O)O)[C@H](O[C@H]2C(COS(=O)(=O)O)O[C@@H](O[C@H]3C(C(=O)O)O[C@@H](O[C@H]4C(COS(=O)(=O)O)O[C@@H](O)C(OS(=O)(=O)O)[C@@H]4OS(=O)(=O)O)C(OS(=O)(=O)O)[C@@H]3OC)C(OS(=O)(=O)O)[C@@H]2OS(=O)(=O)O)OC(C(=O)O)[C@@H]1O[C@@H]1OC(COS(=O)(=O)O)[C@@H](O)[C@@H](OS(=O)(=O)O)C1OS(=O)(=O)O. The molecule has 612 valence electrons. The van der Waals surface area contributed by atoms with Crippen LogP contribution >= 0.6 is 0 Å². The molecule has 5 aliphatic heterocycles. The van der Waals surface area contributed by atoms with E-state index in [4.69, 9.17) is 52.1 Å². The molecule has 0 amide bonds. The zero-order valence-electron chi connectivity index (χ0n) is 49.5. The molecule has 5 rings (SSSR count). The summed E-state index contributed by atoms with van der Waals surface area (Å²) in [5, 5.41) is 42.8. The van der Waals surface area contributed by atoms with Gasteiger partial charge in [-0.05, 0) is 0 Å². The number of aliphatic carboxylic acids is 2. The Morgan fingerprint density at radius 1 is 0.279 bits per heavy atom. The summed E-state index contributed by atoms with van der Waals surface area (Å²) in [6.07, 6.45) is -81.0. The third kappa shape index (κ3) is 28.4. The number of carbonyl (C=O) groups is 2. The minimum Gasteiger partial charge on any atom is -0.479 e. The first-order valence-corrected chi connectivity index (χ1v) is 40.6. The molecule has 0 aromatic rings. The number of rotatable bonds is 37. The van der Waals surface area contributed by atoms with Crippen LogP contribution in [0.3, 0.4) is 0 Å². The van der Waals surface area contributed by atoms with Crippen molar-refractivity contribution in [3.05, 3.63) is 0 Å². The summed E-state index contributed by atoms with van der Waals surface area (Å²) in [6.45, 7) is -5.92. The average molecular weight is 1770 g/mol. The second-order valence-electron chi connectivity index (χ2n) is 20.0. The predicted molar refractivity (Wildman–Crippen MR) is 292 cm³/mol. The Kier molecular flexibility index (Phi) is 30.2. The van der Waals surface area contributed by atoms with E-state index in [2.05, 4.69) is 46.0 Å². The first-order valence-electron chi connectivity index (χ1n) is 25.6. The fourth-order valence-electron chi connectivity index (χ4n) is 9.73. The molecule has 5 heterocycles. The van der Waals surface area contributed by atoms with E-state index in [1.54, 1.807) is 0 Å². The van der Waals surface area contributed by atoms with Gasteiger partial charge in [0.1, 0.15) is 79.4 Å². The molecule has 0 bridgehead atoms. The fourth-order valence-corrected chi connectivity index (χ4v) is 14.6. The normalized spacial score (nSPS) is 35.8. The summed E-state index contributed by atoms with van der Waals surface area (Å²) in [5.41, 5.74) is 0. The van der Waals surface area contributed by atoms with Crippen LogP contribution in [0, 0.1) is 0 Å². The van der Waals surface area contributed by atoms with Crippen LogP contribution in [0.2, 0.25) is 0 Å². The van der Waals surface area contributed by atoms with Gasteiger partial charge >= 0.3 is 126 Å². The lowest BCUT2D eigenvalue weighted by Crippen LogP contribution is -2.70. The molecule has 0 aliphatic carbocycles. The van der Waals surface area contributed by atoms with Gasteiger partial charge in [-0.2, -0.15) is 92.6 Å². The van der Waals surface area contributed by atoms with E-state index in [1.807, 2.05) is 0 Å². The largest absolute Gasteiger partial charge is 0.479 e. The monoisotopic (exact) mass is 1760 g/mol. The van der Waals surface area contributed by atoms with Crippen molar-refractivity contribution >= 4 is 126 Å². The van der Waals surface area contributed by atoms with Crippen LogP contribution in [0.1, 0.15) is 0 Å². The van der Waals surface area contributed by atoms with Crippen molar-refractivity contribution < 1.29 is 271 Å². The quantitative estimate of drug-likeness (QED) is 0.0257. The Morgan fingerprint density at radius 2 is 0.510 bits per heavy atom. The van der Waals surface area contributed by atoms with Crippen LogP contribution in [0.5, 0.6) is 0 Å². The summed E-state index contributed by atoms with van der Waals surface area (Å²) in [4.78, 5) is 26.5. The van der Waals surface area contributed by atoms with E-state index < -0.39 is 300 Å². The van der Waals surface area contributed by atoms with Crippen LogP contribution < -0.4 is 0 Å². The van der Waals surface area contributed by atoms with Crippen LogP contribution in [-0.2, 0) is 222 Å². The summed E-state index contributed by atoms with van der Waals surface area (Å²) in [7, 11) is -67.5. The number of aliphatic hydroxyl groups is 2. The van der Waals surface area contributed by atoms with Gasteiger partial charge in [-0.15, -0.1) is 0 Å². The number of ether oxygens (including phenoxy) is 11. The Balaban J connectivity index is 1.74. The van der Waals surface area contributed by atoms with Crippen molar-refractivity contribution in [2.24, 2.45) is 0 Å². The Morgan fingerprint density at radius 3 is 0.808 bits per heavy atom. The zero-order valence-corrected chi connectivity index (χ0v) is 58.5. The molecule has 10 unspecified atom stereocenters. The van der Waals surface area contributed by atoms with Crippen LogP contribution in [-0.4, -0.2) is 363 Å². The average Bonchev–Trinajstić information content (AvgIpc) is 1.12. The van der Waals surface area contributed by atoms with Crippen molar-refractivity contribution in [2.45, 2.75) is 154 Å². The lowest BCUT2D eigenvalue weighted by molar-refractivity contribution is -0.382. The minimum absolute atomic E-state index is 0.311. The maximum absolute atomic E-state index is 13.3. The second kappa shape index (κ2) is 34.3. The van der Waals surface area contributed by atoms with Crippen molar-refractivity contribution in [1.82, 2.24) is 0 Å². The van der Waals surface area contributed by atoms with Gasteiger partial charge in [-0.1, -0.05) is 0 Å². The molecule has 15 N–H and O–H groups in total. The molecule has 0 radical (unpaired) electrons. The molecule has 25 atom stereocenters. The highest BCUT2D eigenvalue weighted by molar-refractivity contribution is 7.83. The molecule has 72 heteroatoms. The van der Waals surface area contributed by atoms with Crippen molar-refractivity contribution in [3.8, 4) is 0 Å². The molecule has 5 fully saturated rings.